The van der Waals surface area contributed by atoms with Crippen LogP contribution in [0.15, 0.2) is 140 Å². The molecule has 2 nitrogen and oxygen atoms in total. The van der Waals surface area contributed by atoms with Gasteiger partial charge in [0.1, 0.15) is 0 Å². The third kappa shape index (κ3) is 3.98. The van der Waals surface area contributed by atoms with Crippen molar-refractivity contribution in [3.63, 3.8) is 0 Å². The van der Waals surface area contributed by atoms with E-state index >= 15 is 0 Å². The van der Waals surface area contributed by atoms with E-state index in [4.69, 9.17) is 0 Å². The fourth-order valence-electron chi connectivity index (χ4n) is 5.84. The number of nitrogens with zero attached hydrogens (tertiary/aromatic N) is 2. The molecule has 0 unspecified atom stereocenters. The standard InChI is InChI=1S/C37H28N2/c1-2-36-33(22-23-38(29-15-6-3-7-16-29)30-17-8-4-9-18-30)35-26-34-28(24-27-14-12-13-21-32(27)34)25-37(35)39(36)31-19-10-5-11-20-31/h2-23,25-26H,1,24H2/b23-22+. The first-order valence-electron chi connectivity index (χ1n) is 13.4. The molecule has 1 aliphatic rings. The van der Waals surface area contributed by atoms with Gasteiger partial charge in [0.2, 0.25) is 0 Å². The molecule has 1 aromatic heterocycles. The zero-order valence-corrected chi connectivity index (χ0v) is 21.7. The maximum absolute atomic E-state index is 4.26. The second-order valence-electron chi connectivity index (χ2n) is 9.89. The first-order valence-corrected chi connectivity index (χ1v) is 13.4. The Morgan fingerprint density at radius 3 is 1.92 bits per heavy atom. The zero-order valence-electron chi connectivity index (χ0n) is 21.7. The summed E-state index contributed by atoms with van der Waals surface area (Å²) in [5.41, 5.74) is 12.3. The first-order chi connectivity index (χ1) is 19.3. The summed E-state index contributed by atoms with van der Waals surface area (Å²) in [6, 6.07) is 45.1. The summed E-state index contributed by atoms with van der Waals surface area (Å²) >= 11 is 0. The number of hydrogen-bond acceptors (Lipinski definition) is 1. The highest BCUT2D eigenvalue weighted by Crippen LogP contribution is 2.42. The van der Waals surface area contributed by atoms with Crippen LogP contribution in [0.25, 0.3) is 39.9 Å². The van der Waals surface area contributed by atoms with Gasteiger partial charge in [-0.2, -0.15) is 0 Å². The van der Waals surface area contributed by atoms with Crippen molar-refractivity contribution in [2.75, 3.05) is 4.90 Å². The molecule has 186 valence electrons. The molecule has 1 aliphatic carbocycles. The summed E-state index contributed by atoms with van der Waals surface area (Å²) in [5, 5.41) is 1.22. The van der Waals surface area contributed by atoms with Crippen LogP contribution < -0.4 is 4.90 Å². The smallest absolute Gasteiger partial charge is 0.0544 e. The lowest BCUT2D eigenvalue weighted by Gasteiger charge is -2.20. The van der Waals surface area contributed by atoms with Crippen LogP contribution in [-0.2, 0) is 6.42 Å². The van der Waals surface area contributed by atoms with E-state index in [2.05, 4.69) is 156 Å². The van der Waals surface area contributed by atoms with Gasteiger partial charge in [0.25, 0.3) is 0 Å². The first kappa shape index (κ1) is 23.1. The average molecular weight is 501 g/mol. The minimum Gasteiger partial charge on any atom is -0.317 e. The van der Waals surface area contributed by atoms with Crippen LogP contribution in [0, 0.1) is 0 Å². The molecular weight excluding hydrogens is 472 g/mol. The largest absolute Gasteiger partial charge is 0.317 e. The van der Waals surface area contributed by atoms with Crippen LogP contribution in [0.1, 0.15) is 22.4 Å². The van der Waals surface area contributed by atoms with Crippen LogP contribution in [0.5, 0.6) is 0 Å². The van der Waals surface area contributed by atoms with Crippen molar-refractivity contribution in [1.29, 1.82) is 0 Å². The highest BCUT2D eigenvalue weighted by molar-refractivity contribution is 6.00. The predicted octanol–water partition coefficient (Wildman–Crippen LogP) is 9.65. The molecule has 0 N–H and O–H groups in total. The summed E-state index contributed by atoms with van der Waals surface area (Å²) in [5.74, 6) is 0. The Labute approximate surface area is 229 Å². The van der Waals surface area contributed by atoms with Crippen LogP contribution in [-0.4, -0.2) is 4.57 Å². The molecule has 0 aliphatic heterocycles. The van der Waals surface area contributed by atoms with Crippen LogP contribution in [0.2, 0.25) is 0 Å². The van der Waals surface area contributed by atoms with E-state index < -0.39 is 0 Å². The molecule has 39 heavy (non-hydrogen) atoms. The van der Waals surface area contributed by atoms with Crippen molar-refractivity contribution in [3.05, 3.63) is 163 Å². The monoisotopic (exact) mass is 500 g/mol. The Hall–Kier alpha value is -5.08. The third-order valence-electron chi connectivity index (χ3n) is 7.62. The number of hydrogen-bond donors (Lipinski definition) is 0. The second-order valence-corrected chi connectivity index (χ2v) is 9.89. The number of fused-ring (bicyclic) bond motifs is 4. The van der Waals surface area contributed by atoms with E-state index in [1.165, 1.54) is 33.2 Å². The van der Waals surface area contributed by atoms with Gasteiger partial charge >= 0.3 is 0 Å². The number of aromatic nitrogens is 1. The summed E-state index contributed by atoms with van der Waals surface area (Å²) in [7, 11) is 0. The Morgan fingerprint density at radius 1 is 0.641 bits per heavy atom. The van der Waals surface area contributed by atoms with Crippen molar-refractivity contribution in [2.45, 2.75) is 6.42 Å². The molecule has 0 saturated heterocycles. The fourth-order valence-corrected chi connectivity index (χ4v) is 5.84. The van der Waals surface area contributed by atoms with Gasteiger partial charge in [0, 0.05) is 34.2 Å². The molecular formula is C37H28N2. The molecule has 0 bridgehead atoms. The average Bonchev–Trinajstić information content (AvgIpc) is 3.52. The molecule has 2 heteroatoms. The van der Waals surface area contributed by atoms with Crippen LogP contribution in [0.3, 0.4) is 0 Å². The minimum absolute atomic E-state index is 0.964. The molecule has 0 spiro atoms. The third-order valence-corrected chi connectivity index (χ3v) is 7.62. The second kappa shape index (κ2) is 9.66. The van der Waals surface area contributed by atoms with Gasteiger partial charge < -0.3 is 9.47 Å². The molecule has 7 rings (SSSR count). The lowest BCUT2D eigenvalue weighted by molar-refractivity contribution is 1.10. The van der Waals surface area contributed by atoms with E-state index in [1.807, 2.05) is 6.08 Å². The van der Waals surface area contributed by atoms with E-state index in [-0.39, 0.29) is 0 Å². The number of para-hydroxylation sites is 3. The topological polar surface area (TPSA) is 8.17 Å². The molecule has 0 atom stereocenters. The van der Waals surface area contributed by atoms with Gasteiger partial charge in [-0.15, -0.1) is 0 Å². The van der Waals surface area contributed by atoms with Crippen LogP contribution >= 0.6 is 0 Å². The van der Waals surface area contributed by atoms with Crippen molar-refractivity contribution in [2.24, 2.45) is 0 Å². The quantitative estimate of drug-likeness (QED) is 0.221. The maximum Gasteiger partial charge on any atom is 0.0544 e. The Balaban J connectivity index is 1.47. The molecule has 0 fully saturated rings. The minimum atomic E-state index is 0.964. The lowest BCUT2D eigenvalue weighted by atomic mass is 10.0. The van der Waals surface area contributed by atoms with Gasteiger partial charge in [0.15, 0.2) is 0 Å². The molecule has 5 aromatic carbocycles. The predicted molar refractivity (Wildman–Crippen MR) is 166 cm³/mol. The van der Waals surface area contributed by atoms with E-state index in [9.17, 15) is 0 Å². The lowest BCUT2D eigenvalue weighted by Crippen LogP contribution is -2.07. The van der Waals surface area contributed by atoms with Gasteiger partial charge in [-0.25, -0.2) is 0 Å². The normalized spacial score (nSPS) is 12.0. The maximum atomic E-state index is 4.26. The molecule has 6 aromatic rings. The Bertz CT molecular complexity index is 1790. The van der Waals surface area contributed by atoms with Crippen LogP contribution in [0.4, 0.5) is 11.4 Å². The zero-order chi connectivity index (χ0) is 26.2. The van der Waals surface area contributed by atoms with Crippen molar-refractivity contribution in [1.82, 2.24) is 4.57 Å². The van der Waals surface area contributed by atoms with Gasteiger partial charge in [-0.3, -0.25) is 0 Å². The summed E-state index contributed by atoms with van der Waals surface area (Å²) < 4.78 is 2.35. The Morgan fingerprint density at radius 2 is 1.26 bits per heavy atom. The number of benzene rings is 5. The van der Waals surface area contributed by atoms with Crippen molar-refractivity contribution in [3.8, 4) is 16.8 Å². The van der Waals surface area contributed by atoms with Gasteiger partial charge in [-0.05, 0) is 89.4 Å². The number of rotatable bonds is 6. The SMILES string of the molecule is C=Cc1c(/C=C/N(c2ccccc2)c2ccccc2)c2cc3c(cc2n1-c1ccccc1)Cc1ccccc1-3. The van der Waals surface area contributed by atoms with Crippen molar-refractivity contribution < 1.29 is 0 Å². The van der Waals surface area contributed by atoms with Gasteiger partial charge in [-0.1, -0.05) is 85.4 Å². The molecule has 0 saturated carbocycles. The van der Waals surface area contributed by atoms with E-state index in [1.54, 1.807) is 0 Å². The van der Waals surface area contributed by atoms with E-state index in [0.29, 0.717) is 0 Å². The summed E-state index contributed by atoms with van der Waals surface area (Å²) in [6.45, 7) is 4.26. The summed E-state index contributed by atoms with van der Waals surface area (Å²) in [6.07, 6.45) is 7.38. The molecule has 1 heterocycles. The van der Waals surface area contributed by atoms with E-state index in [0.717, 1.165) is 34.7 Å². The van der Waals surface area contributed by atoms with Crippen molar-refractivity contribution >= 4 is 34.4 Å². The number of anilines is 2. The summed E-state index contributed by atoms with van der Waals surface area (Å²) in [4.78, 5) is 2.24. The van der Waals surface area contributed by atoms with Gasteiger partial charge in [0.05, 0.1) is 11.2 Å². The molecule has 0 amide bonds. The highest BCUT2D eigenvalue weighted by Gasteiger charge is 2.23. The molecule has 0 radical (unpaired) electrons. The highest BCUT2D eigenvalue weighted by atomic mass is 15.1. The fraction of sp³-hybridized carbons (Fsp3) is 0.0270. The Kier molecular flexibility index (Phi) is 5.71.